The largest absolute Gasteiger partial charge is 0.326 e. The zero-order valence-corrected chi connectivity index (χ0v) is 15.6. The zero-order valence-electron chi connectivity index (χ0n) is 14.8. The molecule has 0 aliphatic carbocycles. The fourth-order valence-electron chi connectivity index (χ4n) is 3.21. The molecule has 1 aliphatic heterocycles. The highest BCUT2D eigenvalue weighted by Crippen LogP contribution is 2.31. The minimum atomic E-state index is -0.683. The van der Waals surface area contributed by atoms with Crippen molar-refractivity contribution in [3.8, 4) is 11.3 Å². The Morgan fingerprint density at radius 3 is 2.83 bits per heavy atom. The Bertz CT molecular complexity index is 1280. The van der Waals surface area contributed by atoms with Crippen LogP contribution in [0.1, 0.15) is 22.3 Å². The fourth-order valence-corrected chi connectivity index (χ4v) is 3.92. The molecule has 0 bridgehead atoms. The van der Waals surface area contributed by atoms with Gasteiger partial charge in [-0.1, -0.05) is 6.07 Å². The molecule has 2 aromatic carbocycles. The number of benzene rings is 2. The van der Waals surface area contributed by atoms with Crippen LogP contribution >= 0.6 is 11.3 Å². The topological polar surface area (TPSA) is 113 Å². The number of nitrogens with zero attached hydrogens (tertiary/aromatic N) is 3. The van der Waals surface area contributed by atoms with Gasteiger partial charge in [-0.2, -0.15) is 15.4 Å². The lowest BCUT2D eigenvalue weighted by molar-refractivity contribution is -0.116. The van der Waals surface area contributed by atoms with Crippen molar-refractivity contribution in [3.63, 3.8) is 0 Å². The summed E-state index contributed by atoms with van der Waals surface area (Å²) in [5.74, 6) is -1.28. The summed E-state index contributed by atoms with van der Waals surface area (Å²) in [4.78, 5) is 28.4. The molecule has 2 aromatic heterocycles. The van der Waals surface area contributed by atoms with Gasteiger partial charge in [0.15, 0.2) is 5.13 Å². The molecule has 0 saturated heterocycles. The van der Waals surface area contributed by atoms with Crippen LogP contribution in [0, 0.1) is 5.82 Å². The molecular weight excluding hydrogens is 395 g/mol. The van der Waals surface area contributed by atoms with Gasteiger partial charge in [0, 0.05) is 29.1 Å². The number of thiazole rings is 1. The summed E-state index contributed by atoms with van der Waals surface area (Å²) in [7, 11) is 0. The Morgan fingerprint density at radius 2 is 1.97 bits per heavy atom. The van der Waals surface area contributed by atoms with Crippen molar-refractivity contribution >= 4 is 45.0 Å². The number of anilines is 2. The van der Waals surface area contributed by atoms with Crippen LogP contribution in [0.15, 0.2) is 35.7 Å². The number of halogens is 1. The molecule has 0 saturated carbocycles. The quantitative estimate of drug-likeness (QED) is 0.481. The number of H-pyrrole nitrogens is 1. The van der Waals surface area contributed by atoms with Crippen molar-refractivity contribution in [2.45, 2.75) is 12.8 Å². The molecule has 0 spiro atoms. The molecular formula is C19H13FN6O2S. The predicted molar refractivity (Wildman–Crippen MR) is 106 cm³/mol. The normalized spacial score (nSPS) is 13.2. The molecule has 0 radical (unpaired) electrons. The van der Waals surface area contributed by atoms with E-state index in [4.69, 9.17) is 0 Å². The van der Waals surface area contributed by atoms with Crippen molar-refractivity contribution in [2.24, 2.45) is 0 Å². The van der Waals surface area contributed by atoms with Gasteiger partial charge < -0.3 is 5.32 Å². The Morgan fingerprint density at radius 1 is 1.14 bits per heavy atom. The van der Waals surface area contributed by atoms with E-state index in [-0.39, 0.29) is 11.5 Å². The number of nitrogens with one attached hydrogen (secondary N) is 3. The number of hydrogen-bond donors (Lipinski definition) is 3. The first-order chi connectivity index (χ1) is 14.1. The average molecular weight is 408 g/mol. The third-order valence-corrected chi connectivity index (χ3v) is 5.43. The maximum atomic E-state index is 14.2. The highest BCUT2D eigenvalue weighted by molar-refractivity contribution is 7.14. The van der Waals surface area contributed by atoms with Gasteiger partial charge in [-0.05, 0) is 30.2 Å². The number of aromatic nitrogens is 4. The Kier molecular flexibility index (Phi) is 4.06. The fraction of sp³-hybridized carbons (Fsp3) is 0.105. The lowest BCUT2D eigenvalue weighted by atomic mass is 9.99. The van der Waals surface area contributed by atoms with Crippen LogP contribution in [0.2, 0.25) is 0 Å². The van der Waals surface area contributed by atoms with Crippen molar-refractivity contribution in [3.05, 3.63) is 52.7 Å². The number of carbonyl (C=O) groups is 2. The summed E-state index contributed by atoms with van der Waals surface area (Å²) in [6.07, 6.45) is 1.13. The van der Waals surface area contributed by atoms with E-state index in [1.54, 1.807) is 0 Å². The molecule has 0 atom stereocenters. The zero-order chi connectivity index (χ0) is 20.0. The molecule has 144 valence electrons. The molecule has 29 heavy (non-hydrogen) atoms. The second-order valence-electron chi connectivity index (χ2n) is 6.56. The first kappa shape index (κ1) is 17.4. The molecule has 2 amide bonds. The maximum Gasteiger partial charge on any atom is 0.260 e. The number of rotatable bonds is 3. The second kappa shape index (κ2) is 6.74. The van der Waals surface area contributed by atoms with Gasteiger partial charge in [0.25, 0.3) is 5.91 Å². The van der Waals surface area contributed by atoms with Crippen LogP contribution in [0.3, 0.4) is 0 Å². The first-order valence-electron chi connectivity index (χ1n) is 8.77. The Balaban J connectivity index is 1.38. The predicted octanol–water partition coefficient (Wildman–Crippen LogP) is 3.36. The van der Waals surface area contributed by atoms with Crippen molar-refractivity contribution in [1.29, 1.82) is 0 Å². The number of amides is 2. The van der Waals surface area contributed by atoms with Crippen LogP contribution in [0.25, 0.3) is 22.3 Å². The summed E-state index contributed by atoms with van der Waals surface area (Å²) in [5.41, 5.74) is 4.05. The first-order valence-corrected chi connectivity index (χ1v) is 9.65. The van der Waals surface area contributed by atoms with Gasteiger partial charge in [-0.15, -0.1) is 11.3 Å². The number of aryl methyl sites for hydroxylation is 1. The van der Waals surface area contributed by atoms with Crippen molar-refractivity contribution < 1.29 is 14.0 Å². The van der Waals surface area contributed by atoms with Crippen molar-refractivity contribution in [1.82, 2.24) is 20.4 Å². The molecule has 10 heteroatoms. The van der Waals surface area contributed by atoms with E-state index in [0.29, 0.717) is 34.7 Å². The molecule has 5 rings (SSSR count). The molecule has 0 unspecified atom stereocenters. The van der Waals surface area contributed by atoms with Crippen LogP contribution < -0.4 is 10.6 Å². The smallest absolute Gasteiger partial charge is 0.260 e. The number of carbonyl (C=O) groups excluding carboxylic acids is 2. The highest BCUT2D eigenvalue weighted by atomic mass is 32.1. The summed E-state index contributed by atoms with van der Waals surface area (Å²) in [5, 5.41) is 17.7. The summed E-state index contributed by atoms with van der Waals surface area (Å²) in [6.45, 7) is 0. The third kappa shape index (κ3) is 3.23. The molecule has 1 aliphatic rings. The second-order valence-corrected chi connectivity index (χ2v) is 7.41. The summed E-state index contributed by atoms with van der Waals surface area (Å²) < 4.78 is 14.2. The Hall–Kier alpha value is -3.66. The van der Waals surface area contributed by atoms with Gasteiger partial charge in [0.1, 0.15) is 16.9 Å². The SMILES string of the molecule is O=C1CCc2cc(-c3csc(NC(=O)c4cc5n[nH]nc5cc4F)n3)ccc2N1. The van der Waals surface area contributed by atoms with Gasteiger partial charge in [-0.3, -0.25) is 14.9 Å². The standard InChI is InChI=1S/C19H13FN6O2S/c20-12-7-15-14(24-26-25-15)6-11(12)18(28)23-19-22-16(8-29-19)10-1-3-13-9(5-10)2-4-17(27)21-13/h1,3,5-8H,2,4H2,(H,21,27)(H,22,23,28)(H,24,25,26). The van der Waals surface area contributed by atoms with Crippen LogP contribution in [-0.4, -0.2) is 32.2 Å². The molecule has 0 fully saturated rings. The monoisotopic (exact) mass is 408 g/mol. The van der Waals surface area contributed by atoms with E-state index in [2.05, 4.69) is 31.0 Å². The van der Waals surface area contributed by atoms with E-state index in [1.165, 1.54) is 17.4 Å². The number of aromatic amines is 1. The van der Waals surface area contributed by atoms with Crippen LogP contribution in [0.5, 0.6) is 0 Å². The maximum absolute atomic E-state index is 14.2. The van der Waals surface area contributed by atoms with E-state index < -0.39 is 11.7 Å². The summed E-state index contributed by atoms with van der Waals surface area (Å²) >= 11 is 1.25. The highest BCUT2D eigenvalue weighted by Gasteiger charge is 2.18. The van der Waals surface area contributed by atoms with Crippen LogP contribution in [0.4, 0.5) is 15.2 Å². The minimum Gasteiger partial charge on any atom is -0.326 e. The third-order valence-electron chi connectivity index (χ3n) is 4.67. The van der Waals surface area contributed by atoms with Crippen molar-refractivity contribution in [2.75, 3.05) is 10.6 Å². The van der Waals surface area contributed by atoms with Gasteiger partial charge >= 0.3 is 0 Å². The van der Waals surface area contributed by atoms with E-state index in [9.17, 15) is 14.0 Å². The molecule has 8 nitrogen and oxygen atoms in total. The van der Waals surface area contributed by atoms with Gasteiger partial charge in [0.05, 0.1) is 11.3 Å². The molecule has 4 aromatic rings. The Labute approximate surface area is 167 Å². The van der Waals surface area contributed by atoms with E-state index >= 15 is 0 Å². The lowest BCUT2D eigenvalue weighted by Gasteiger charge is -2.17. The average Bonchev–Trinajstić information content (AvgIpc) is 3.36. The van der Waals surface area contributed by atoms with Gasteiger partial charge in [-0.25, -0.2) is 9.37 Å². The van der Waals surface area contributed by atoms with Gasteiger partial charge in [0.2, 0.25) is 5.91 Å². The van der Waals surface area contributed by atoms with E-state index in [1.807, 2.05) is 23.6 Å². The van der Waals surface area contributed by atoms with E-state index in [0.717, 1.165) is 22.9 Å². The summed E-state index contributed by atoms with van der Waals surface area (Å²) in [6, 6.07) is 8.20. The molecule has 3 heterocycles. The lowest BCUT2D eigenvalue weighted by Crippen LogP contribution is -2.18. The number of fused-ring (bicyclic) bond motifs is 2. The minimum absolute atomic E-state index is 0.0138. The molecule has 3 N–H and O–H groups in total. The van der Waals surface area contributed by atoms with Crippen LogP contribution in [-0.2, 0) is 11.2 Å². The number of hydrogen-bond acceptors (Lipinski definition) is 6.